The van der Waals surface area contributed by atoms with Crippen molar-refractivity contribution in [1.29, 1.82) is 0 Å². The number of hydrogen-bond acceptors (Lipinski definition) is 4. The summed E-state index contributed by atoms with van der Waals surface area (Å²) in [7, 11) is -4.23. The van der Waals surface area contributed by atoms with E-state index in [-0.39, 0.29) is 36.0 Å². The number of rotatable bonds is 6. The molecule has 0 aromatic rings. The van der Waals surface area contributed by atoms with E-state index < -0.39 is 21.5 Å². The fourth-order valence-corrected chi connectivity index (χ4v) is 1.52. The zero-order chi connectivity index (χ0) is 10.5. The van der Waals surface area contributed by atoms with Crippen LogP contribution in [-0.2, 0) is 10.1 Å². The molecule has 2 atom stereocenters. The molecule has 0 aliphatic heterocycles. The van der Waals surface area contributed by atoms with Crippen LogP contribution in [0, 0.1) is 0 Å². The molecule has 0 saturated heterocycles. The summed E-state index contributed by atoms with van der Waals surface area (Å²) in [6.07, 6.45) is 1.75. The summed E-state index contributed by atoms with van der Waals surface area (Å²) in [5, 5.41) is 8.32. The van der Waals surface area contributed by atoms with Gasteiger partial charge >= 0.3 is 29.6 Å². The largest absolute Gasteiger partial charge is 1.00 e. The van der Waals surface area contributed by atoms with E-state index in [0.717, 1.165) is 12.8 Å². The Morgan fingerprint density at radius 1 is 1.43 bits per heavy atom. The van der Waals surface area contributed by atoms with Gasteiger partial charge in [-0.25, -0.2) is 8.42 Å². The molecule has 0 rings (SSSR count). The van der Waals surface area contributed by atoms with E-state index in [0.29, 0.717) is 6.42 Å². The Morgan fingerprint density at radius 3 is 2.29 bits per heavy atom. The maximum absolute atomic E-state index is 10.5. The van der Waals surface area contributed by atoms with Crippen LogP contribution < -0.4 is 29.6 Å². The van der Waals surface area contributed by atoms with Crippen LogP contribution >= 0.6 is 0 Å². The summed E-state index contributed by atoms with van der Waals surface area (Å²) in [6, 6.07) is 0. The van der Waals surface area contributed by atoms with Gasteiger partial charge in [-0.1, -0.05) is 19.8 Å². The molecule has 0 bridgehead atoms. The summed E-state index contributed by atoms with van der Waals surface area (Å²) < 4.78 is 31.4. The number of unbranched alkanes of at least 4 members (excludes halogenated alkanes) is 1. The van der Waals surface area contributed by atoms with Crippen LogP contribution in [0.25, 0.3) is 0 Å². The van der Waals surface area contributed by atoms with Gasteiger partial charge < -0.3 is 9.66 Å². The summed E-state index contributed by atoms with van der Waals surface area (Å²) in [4.78, 5) is 0. The predicted octanol–water partition coefficient (Wildman–Crippen LogP) is -2.13. The first-order valence-electron chi connectivity index (χ1n) is 4.50. The Labute approximate surface area is 108 Å². The van der Waals surface area contributed by atoms with Gasteiger partial charge in [0.2, 0.25) is 0 Å². The Balaban J connectivity index is 0. The van der Waals surface area contributed by atoms with Crippen LogP contribution in [0.2, 0.25) is 0 Å². The first-order chi connectivity index (χ1) is 5.88. The SMILES string of the molecule is CCCCC(O)CC(C)S(=O)(=O)[O-].[Na+]. The molecule has 0 saturated carbocycles. The topological polar surface area (TPSA) is 77.4 Å². The Morgan fingerprint density at radius 2 is 1.93 bits per heavy atom. The third-order valence-electron chi connectivity index (χ3n) is 1.99. The second-order valence-corrected chi connectivity index (χ2v) is 5.13. The molecule has 80 valence electrons. The van der Waals surface area contributed by atoms with Gasteiger partial charge in [-0.15, -0.1) is 0 Å². The average Bonchev–Trinajstić information content (AvgIpc) is 1.99. The zero-order valence-electron chi connectivity index (χ0n) is 9.06. The molecule has 0 aliphatic rings. The minimum atomic E-state index is -4.23. The van der Waals surface area contributed by atoms with Crippen molar-refractivity contribution in [2.45, 2.75) is 50.9 Å². The normalized spacial score (nSPS) is 15.7. The quantitative estimate of drug-likeness (QED) is 0.419. The molecule has 0 aromatic carbocycles. The Kier molecular flexibility index (Phi) is 9.96. The van der Waals surface area contributed by atoms with Gasteiger partial charge in [-0.3, -0.25) is 0 Å². The summed E-state index contributed by atoms with van der Waals surface area (Å²) in [5.41, 5.74) is 0. The zero-order valence-corrected chi connectivity index (χ0v) is 11.9. The van der Waals surface area contributed by atoms with Crippen LogP contribution in [0.3, 0.4) is 0 Å². The van der Waals surface area contributed by atoms with Crippen LogP contribution in [0.15, 0.2) is 0 Å². The molecule has 4 nitrogen and oxygen atoms in total. The molecule has 6 heteroatoms. The van der Waals surface area contributed by atoms with E-state index >= 15 is 0 Å². The molecule has 0 radical (unpaired) electrons. The smallest absolute Gasteiger partial charge is 0.748 e. The fraction of sp³-hybridized carbons (Fsp3) is 1.00. The number of aliphatic hydroxyl groups excluding tert-OH is 1. The van der Waals surface area contributed by atoms with Crippen molar-refractivity contribution in [1.82, 2.24) is 0 Å². The minimum Gasteiger partial charge on any atom is -0.748 e. The van der Waals surface area contributed by atoms with Gasteiger partial charge in [0.1, 0.15) is 0 Å². The molecular weight excluding hydrogens is 215 g/mol. The van der Waals surface area contributed by atoms with Crippen molar-refractivity contribution < 1.29 is 47.6 Å². The second-order valence-electron chi connectivity index (χ2n) is 3.34. The minimum absolute atomic E-state index is 0. The van der Waals surface area contributed by atoms with Crippen molar-refractivity contribution in [2.75, 3.05) is 0 Å². The molecule has 0 aliphatic carbocycles. The maximum atomic E-state index is 10.5. The van der Waals surface area contributed by atoms with Crippen molar-refractivity contribution >= 4 is 10.1 Å². The van der Waals surface area contributed by atoms with Crippen LogP contribution in [0.5, 0.6) is 0 Å². The van der Waals surface area contributed by atoms with Gasteiger partial charge in [0.05, 0.1) is 16.2 Å². The fourth-order valence-electron chi connectivity index (χ4n) is 1.06. The van der Waals surface area contributed by atoms with E-state index in [4.69, 9.17) is 0 Å². The maximum Gasteiger partial charge on any atom is 1.00 e. The summed E-state index contributed by atoms with van der Waals surface area (Å²) >= 11 is 0. The van der Waals surface area contributed by atoms with Crippen molar-refractivity contribution in [3.63, 3.8) is 0 Å². The molecular formula is C8H17NaO4S. The van der Waals surface area contributed by atoms with E-state index in [9.17, 15) is 18.1 Å². The molecule has 0 fully saturated rings. The van der Waals surface area contributed by atoms with Gasteiger partial charge in [-0.2, -0.15) is 0 Å². The van der Waals surface area contributed by atoms with Crippen LogP contribution in [0.1, 0.15) is 39.5 Å². The average molecular weight is 232 g/mol. The third-order valence-corrected chi connectivity index (χ3v) is 3.17. The monoisotopic (exact) mass is 232 g/mol. The first-order valence-corrected chi connectivity index (χ1v) is 5.97. The number of aliphatic hydroxyl groups is 1. The van der Waals surface area contributed by atoms with Crippen molar-refractivity contribution in [3.8, 4) is 0 Å². The van der Waals surface area contributed by atoms with E-state index in [1.165, 1.54) is 6.92 Å². The summed E-state index contributed by atoms with van der Waals surface area (Å²) in [5.74, 6) is 0. The van der Waals surface area contributed by atoms with Crippen LogP contribution in [-0.4, -0.2) is 29.4 Å². The van der Waals surface area contributed by atoms with E-state index in [2.05, 4.69) is 0 Å². The molecule has 0 amide bonds. The van der Waals surface area contributed by atoms with Crippen molar-refractivity contribution in [2.24, 2.45) is 0 Å². The number of hydrogen-bond donors (Lipinski definition) is 1. The van der Waals surface area contributed by atoms with Crippen LogP contribution in [0.4, 0.5) is 0 Å². The molecule has 0 heterocycles. The van der Waals surface area contributed by atoms with Gasteiger partial charge in [0.25, 0.3) is 0 Å². The molecule has 2 unspecified atom stereocenters. The van der Waals surface area contributed by atoms with Gasteiger partial charge in [0, 0.05) is 5.25 Å². The van der Waals surface area contributed by atoms with Crippen molar-refractivity contribution in [3.05, 3.63) is 0 Å². The Bertz CT molecular complexity index is 227. The third kappa shape index (κ3) is 8.20. The van der Waals surface area contributed by atoms with Gasteiger partial charge in [-0.05, 0) is 19.8 Å². The standard InChI is InChI=1S/C8H18O4S.Na/c1-3-4-5-8(9)6-7(2)13(10,11)12;/h7-9H,3-6H2,1-2H3,(H,10,11,12);/q;+1/p-1. The molecule has 0 spiro atoms. The summed E-state index contributed by atoms with van der Waals surface area (Å²) in [6.45, 7) is 3.32. The molecule has 1 N–H and O–H groups in total. The van der Waals surface area contributed by atoms with E-state index in [1.807, 2.05) is 6.92 Å². The predicted molar refractivity (Wildman–Crippen MR) is 49.3 cm³/mol. The molecule has 14 heavy (non-hydrogen) atoms. The van der Waals surface area contributed by atoms with E-state index in [1.54, 1.807) is 0 Å². The first kappa shape index (κ1) is 17.3. The Hall–Kier alpha value is 0.870. The second kappa shape index (κ2) is 8.07. The molecule has 0 aromatic heterocycles. The van der Waals surface area contributed by atoms with Gasteiger partial charge in [0.15, 0.2) is 0 Å².